The third-order valence-electron chi connectivity index (χ3n) is 6.42. The maximum absolute atomic E-state index is 11.5. The zero-order valence-corrected chi connectivity index (χ0v) is 21.3. The fraction of sp³-hybridized carbons (Fsp3) is 0.393. The molecule has 1 fully saturated rings. The minimum absolute atomic E-state index is 0.000335. The molecule has 182 valence electrons. The molecule has 1 saturated heterocycles. The summed E-state index contributed by atoms with van der Waals surface area (Å²) >= 11 is 1.61. The van der Waals surface area contributed by atoms with Gasteiger partial charge in [-0.1, -0.05) is 25.1 Å². The van der Waals surface area contributed by atoms with E-state index in [-0.39, 0.29) is 12.1 Å². The summed E-state index contributed by atoms with van der Waals surface area (Å²) in [5.74, 6) is -0.125. The maximum atomic E-state index is 11.5. The van der Waals surface area contributed by atoms with E-state index >= 15 is 0 Å². The Balaban J connectivity index is 1.57. The van der Waals surface area contributed by atoms with Crippen LogP contribution in [0.3, 0.4) is 0 Å². The van der Waals surface area contributed by atoms with Crippen LogP contribution in [0.15, 0.2) is 42.6 Å². The highest BCUT2D eigenvalue weighted by Gasteiger charge is 2.30. The Hall–Kier alpha value is -3.21. The lowest BCUT2D eigenvalue weighted by atomic mass is 9.96. The molecule has 4 rings (SSSR count). The molecule has 2 heterocycles. The van der Waals surface area contributed by atoms with Crippen molar-refractivity contribution in [1.82, 2.24) is 9.88 Å². The molecule has 2 aromatic carbocycles. The van der Waals surface area contributed by atoms with E-state index in [1.54, 1.807) is 11.3 Å². The summed E-state index contributed by atoms with van der Waals surface area (Å²) in [6, 6.07) is 13.9. The first-order valence-corrected chi connectivity index (χ1v) is 13.0. The topological polar surface area (TPSA) is 86.5 Å². The Bertz CT molecular complexity index is 1240. The summed E-state index contributed by atoms with van der Waals surface area (Å²) in [6.45, 7) is 7.65. The highest BCUT2D eigenvalue weighted by atomic mass is 32.1. The molecule has 6 nitrogen and oxygen atoms in total. The van der Waals surface area contributed by atoms with Gasteiger partial charge < -0.3 is 9.84 Å². The van der Waals surface area contributed by atoms with Crippen LogP contribution in [-0.2, 0) is 17.6 Å². The number of nitriles is 1. The third-order valence-corrected chi connectivity index (χ3v) is 7.50. The van der Waals surface area contributed by atoms with Crippen LogP contribution in [0.5, 0.6) is 5.75 Å². The van der Waals surface area contributed by atoms with Gasteiger partial charge >= 0.3 is 5.97 Å². The van der Waals surface area contributed by atoms with Gasteiger partial charge in [0.2, 0.25) is 0 Å². The van der Waals surface area contributed by atoms with Crippen molar-refractivity contribution in [3.05, 3.63) is 59.3 Å². The number of benzene rings is 2. The molecular weight excluding hydrogens is 458 g/mol. The summed E-state index contributed by atoms with van der Waals surface area (Å²) in [5, 5.41) is 19.9. The monoisotopic (exact) mass is 489 g/mol. The maximum Gasteiger partial charge on any atom is 0.320 e. The number of likely N-dealkylation sites (tertiary alicyclic amines) is 1. The quantitative estimate of drug-likeness (QED) is 0.409. The summed E-state index contributed by atoms with van der Waals surface area (Å²) in [5.41, 5.74) is 5.12. The third kappa shape index (κ3) is 5.55. The molecular formula is C28H31N3O3S. The van der Waals surface area contributed by atoms with Gasteiger partial charge in [-0.15, -0.1) is 11.3 Å². The molecule has 0 aliphatic carbocycles. The van der Waals surface area contributed by atoms with Crippen LogP contribution >= 0.6 is 11.3 Å². The first-order chi connectivity index (χ1) is 16.9. The summed E-state index contributed by atoms with van der Waals surface area (Å²) < 4.78 is 5.75. The molecule has 0 radical (unpaired) electrons. The van der Waals surface area contributed by atoms with Crippen molar-refractivity contribution < 1.29 is 14.6 Å². The number of aromatic nitrogens is 1. The summed E-state index contributed by atoms with van der Waals surface area (Å²) in [7, 11) is 0. The van der Waals surface area contributed by atoms with Gasteiger partial charge in [-0.25, -0.2) is 4.98 Å². The molecule has 0 bridgehead atoms. The van der Waals surface area contributed by atoms with Gasteiger partial charge in [0, 0.05) is 18.3 Å². The van der Waals surface area contributed by atoms with Gasteiger partial charge in [0.25, 0.3) is 0 Å². The molecule has 7 heteroatoms. The fourth-order valence-electron chi connectivity index (χ4n) is 4.79. The van der Waals surface area contributed by atoms with Gasteiger partial charge in [-0.2, -0.15) is 5.26 Å². The van der Waals surface area contributed by atoms with E-state index < -0.39 is 5.97 Å². The molecule has 3 aromatic rings. The molecule has 0 amide bonds. The predicted octanol–water partition coefficient (Wildman–Crippen LogP) is 5.79. The Morgan fingerprint density at radius 1 is 1.34 bits per heavy atom. The van der Waals surface area contributed by atoms with Gasteiger partial charge in [0.1, 0.15) is 22.9 Å². The Morgan fingerprint density at radius 3 is 2.89 bits per heavy atom. The number of nitrogens with zero attached hydrogens (tertiary/aromatic N) is 3. The number of hydrogen-bond donors (Lipinski definition) is 1. The molecule has 1 N–H and O–H groups in total. The van der Waals surface area contributed by atoms with Crippen molar-refractivity contribution in [3.8, 4) is 32.8 Å². The number of ether oxygens (including phenoxy) is 1. The zero-order valence-electron chi connectivity index (χ0n) is 20.5. The largest absolute Gasteiger partial charge is 0.490 e. The van der Waals surface area contributed by atoms with Crippen LogP contribution in [0.25, 0.3) is 21.0 Å². The van der Waals surface area contributed by atoms with E-state index in [1.165, 1.54) is 16.7 Å². The van der Waals surface area contributed by atoms with E-state index in [0.717, 1.165) is 54.2 Å². The number of carboxylic acids is 1. The molecule has 35 heavy (non-hydrogen) atoms. The lowest BCUT2D eigenvalue weighted by molar-refractivity contribution is -0.142. The Kier molecular flexibility index (Phi) is 7.84. The van der Waals surface area contributed by atoms with Crippen LogP contribution in [-0.4, -0.2) is 46.2 Å². The predicted molar refractivity (Wildman–Crippen MR) is 139 cm³/mol. The Labute approximate surface area is 210 Å². The second-order valence-corrected chi connectivity index (χ2v) is 10.1. The van der Waals surface area contributed by atoms with Gasteiger partial charge in [0.15, 0.2) is 0 Å². The normalized spacial score (nSPS) is 15.9. The zero-order chi connectivity index (χ0) is 24.9. The van der Waals surface area contributed by atoms with Gasteiger partial charge in [0.05, 0.1) is 16.5 Å². The molecule has 1 unspecified atom stereocenters. The van der Waals surface area contributed by atoms with E-state index in [0.29, 0.717) is 11.3 Å². The van der Waals surface area contributed by atoms with E-state index in [9.17, 15) is 15.2 Å². The van der Waals surface area contributed by atoms with Crippen molar-refractivity contribution in [1.29, 1.82) is 5.26 Å². The second-order valence-electron chi connectivity index (χ2n) is 9.10. The summed E-state index contributed by atoms with van der Waals surface area (Å²) in [4.78, 5) is 19.4. The number of carboxylic acid groups (broad SMARTS) is 1. The van der Waals surface area contributed by atoms with Crippen molar-refractivity contribution in [2.75, 3.05) is 13.1 Å². The highest BCUT2D eigenvalue weighted by Crippen LogP contribution is 2.36. The van der Waals surface area contributed by atoms with Crippen LogP contribution < -0.4 is 4.74 Å². The minimum atomic E-state index is -0.715. The van der Waals surface area contributed by atoms with Crippen molar-refractivity contribution in [2.45, 2.75) is 58.6 Å². The van der Waals surface area contributed by atoms with Crippen LogP contribution in [0, 0.1) is 11.3 Å². The molecule has 0 spiro atoms. The molecule has 0 saturated carbocycles. The summed E-state index contributed by atoms with van der Waals surface area (Å²) in [6.07, 6.45) is 5.30. The molecule has 1 aromatic heterocycles. The van der Waals surface area contributed by atoms with Crippen molar-refractivity contribution >= 4 is 17.3 Å². The Morgan fingerprint density at radius 2 is 2.17 bits per heavy atom. The first-order valence-electron chi connectivity index (χ1n) is 12.2. The number of aliphatic carboxylic acids is 1. The van der Waals surface area contributed by atoms with E-state index in [1.807, 2.05) is 38.2 Å². The number of thiazole rings is 1. The standard InChI is InChI=1S/C28H31N3O3S/c1-4-22-19(12-14-31-13-6-9-24(31)28(32)33)7-5-8-23(22)26-17-30-27(35-26)20-10-11-25(34-18(2)3)21(15-20)16-29/h5,7-8,10-11,15,17-18,24H,4,6,9,12-14H2,1-3H3,(H,32,33). The lowest BCUT2D eigenvalue weighted by Crippen LogP contribution is -2.37. The van der Waals surface area contributed by atoms with Crippen molar-refractivity contribution in [3.63, 3.8) is 0 Å². The average Bonchev–Trinajstić information content (AvgIpc) is 3.52. The van der Waals surface area contributed by atoms with Crippen LogP contribution in [0.1, 0.15) is 50.3 Å². The SMILES string of the molecule is CCc1c(CCN2CCCC2C(=O)O)cccc1-c1cnc(-c2ccc(OC(C)C)c(C#N)c2)s1. The molecule has 1 atom stereocenters. The van der Waals surface area contributed by atoms with Gasteiger partial charge in [-0.05, 0) is 81.0 Å². The van der Waals surface area contributed by atoms with E-state index in [2.05, 4.69) is 41.1 Å². The fourth-order valence-corrected chi connectivity index (χ4v) is 5.76. The highest BCUT2D eigenvalue weighted by molar-refractivity contribution is 7.18. The van der Waals surface area contributed by atoms with Crippen LogP contribution in [0.4, 0.5) is 0 Å². The second kappa shape index (κ2) is 11.0. The minimum Gasteiger partial charge on any atom is -0.490 e. The smallest absolute Gasteiger partial charge is 0.320 e. The van der Waals surface area contributed by atoms with Crippen LogP contribution in [0.2, 0.25) is 0 Å². The number of hydrogen-bond acceptors (Lipinski definition) is 6. The van der Waals surface area contributed by atoms with E-state index in [4.69, 9.17) is 4.74 Å². The molecule has 1 aliphatic heterocycles. The van der Waals surface area contributed by atoms with Crippen molar-refractivity contribution in [2.24, 2.45) is 0 Å². The average molecular weight is 490 g/mol. The lowest BCUT2D eigenvalue weighted by Gasteiger charge is -2.22. The number of carbonyl (C=O) groups is 1. The number of rotatable bonds is 9. The molecule has 1 aliphatic rings. The first kappa shape index (κ1) is 24.9. The van der Waals surface area contributed by atoms with Gasteiger partial charge in [-0.3, -0.25) is 9.69 Å².